The minimum absolute atomic E-state index is 0.0768. The third-order valence-electron chi connectivity index (χ3n) is 4.12. The van der Waals surface area contributed by atoms with Gasteiger partial charge < -0.3 is 14.6 Å². The molecule has 0 aliphatic heterocycles. The van der Waals surface area contributed by atoms with Crippen molar-refractivity contribution in [2.24, 2.45) is 0 Å². The second kappa shape index (κ2) is 11.8. The van der Waals surface area contributed by atoms with Crippen LogP contribution in [0.25, 0.3) is 0 Å². The second-order valence-electron chi connectivity index (χ2n) is 6.51. The van der Waals surface area contributed by atoms with Crippen LogP contribution in [0.1, 0.15) is 58.4 Å². The van der Waals surface area contributed by atoms with Crippen molar-refractivity contribution in [3.05, 3.63) is 48.0 Å². The van der Waals surface area contributed by atoms with Crippen LogP contribution in [-0.2, 0) is 20.9 Å². The summed E-state index contributed by atoms with van der Waals surface area (Å²) in [6.45, 7) is 10.2. The van der Waals surface area contributed by atoms with E-state index in [9.17, 15) is 9.90 Å². The number of aliphatic hydroxyl groups excluding tert-OH is 1. The Morgan fingerprint density at radius 2 is 1.84 bits per heavy atom. The molecule has 1 aromatic rings. The van der Waals surface area contributed by atoms with Gasteiger partial charge in [-0.2, -0.15) is 0 Å². The summed E-state index contributed by atoms with van der Waals surface area (Å²) < 4.78 is 11.3. The van der Waals surface area contributed by atoms with Crippen LogP contribution < -0.4 is 0 Å². The van der Waals surface area contributed by atoms with E-state index in [0.29, 0.717) is 32.3 Å². The van der Waals surface area contributed by atoms with Crippen LogP contribution in [0, 0.1) is 0 Å². The van der Waals surface area contributed by atoms with Crippen LogP contribution in [0.15, 0.2) is 42.5 Å². The predicted octanol–water partition coefficient (Wildman–Crippen LogP) is 4.41. The fraction of sp³-hybridized carbons (Fsp3) is 0.571. The van der Waals surface area contributed by atoms with Crippen molar-refractivity contribution in [3.8, 4) is 0 Å². The Bertz CT molecular complexity index is 494. The third kappa shape index (κ3) is 9.42. The van der Waals surface area contributed by atoms with E-state index >= 15 is 0 Å². The molecule has 140 valence electrons. The predicted molar refractivity (Wildman–Crippen MR) is 100 cm³/mol. The lowest BCUT2D eigenvalue weighted by atomic mass is 9.99. The van der Waals surface area contributed by atoms with Crippen molar-refractivity contribution in [1.29, 1.82) is 0 Å². The number of esters is 1. The van der Waals surface area contributed by atoms with Crippen molar-refractivity contribution in [2.45, 2.75) is 77.8 Å². The minimum Gasteiger partial charge on any atom is -0.462 e. The summed E-state index contributed by atoms with van der Waals surface area (Å²) in [4.78, 5) is 11.6. The van der Waals surface area contributed by atoms with Crippen LogP contribution in [0.4, 0.5) is 0 Å². The maximum atomic E-state index is 11.6. The molecule has 3 atom stereocenters. The van der Waals surface area contributed by atoms with E-state index in [-0.39, 0.29) is 18.2 Å². The zero-order valence-corrected chi connectivity index (χ0v) is 15.7. The largest absolute Gasteiger partial charge is 0.462 e. The smallest absolute Gasteiger partial charge is 0.305 e. The molecule has 0 amide bonds. The van der Waals surface area contributed by atoms with Crippen molar-refractivity contribution in [3.63, 3.8) is 0 Å². The highest BCUT2D eigenvalue weighted by molar-refractivity contribution is 5.69. The van der Waals surface area contributed by atoms with Crippen molar-refractivity contribution < 1.29 is 19.4 Å². The molecule has 0 unspecified atom stereocenters. The normalized spacial score (nSPS) is 14.6. The highest BCUT2D eigenvalue weighted by Gasteiger charge is 2.20. The van der Waals surface area contributed by atoms with E-state index in [2.05, 4.69) is 6.58 Å². The topological polar surface area (TPSA) is 55.8 Å². The second-order valence-corrected chi connectivity index (χ2v) is 6.51. The molecule has 0 saturated heterocycles. The molecule has 4 nitrogen and oxygen atoms in total. The number of carbonyl (C=O) groups is 1. The van der Waals surface area contributed by atoms with Gasteiger partial charge in [-0.3, -0.25) is 4.79 Å². The zero-order valence-electron chi connectivity index (χ0n) is 15.7. The molecule has 0 spiro atoms. The lowest BCUT2D eigenvalue weighted by Gasteiger charge is -2.23. The van der Waals surface area contributed by atoms with Crippen molar-refractivity contribution >= 4 is 5.97 Å². The van der Waals surface area contributed by atoms with Gasteiger partial charge in [-0.25, -0.2) is 0 Å². The summed E-state index contributed by atoms with van der Waals surface area (Å²) in [6.07, 6.45) is 1.70. The number of ether oxygens (including phenoxy) is 2. The SMILES string of the molecule is C=C(CC)C[C@H](C[C@H](O)C[C@@H](C)OCc1ccccc1)OC(=O)CC. The average molecular weight is 348 g/mol. The monoisotopic (exact) mass is 348 g/mol. The quantitative estimate of drug-likeness (QED) is 0.449. The minimum atomic E-state index is -0.579. The highest BCUT2D eigenvalue weighted by atomic mass is 16.5. The number of hydrogen-bond donors (Lipinski definition) is 1. The van der Waals surface area contributed by atoms with Gasteiger partial charge in [0, 0.05) is 19.3 Å². The first-order valence-corrected chi connectivity index (χ1v) is 9.14. The number of benzene rings is 1. The molecule has 1 rings (SSSR count). The number of aliphatic hydroxyl groups is 1. The molecular weight excluding hydrogens is 316 g/mol. The van der Waals surface area contributed by atoms with Gasteiger partial charge in [0.25, 0.3) is 0 Å². The van der Waals surface area contributed by atoms with Gasteiger partial charge in [-0.1, -0.05) is 56.3 Å². The fourth-order valence-corrected chi connectivity index (χ4v) is 2.57. The van der Waals surface area contributed by atoms with Crippen molar-refractivity contribution in [2.75, 3.05) is 0 Å². The Hall–Kier alpha value is -1.65. The first-order valence-electron chi connectivity index (χ1n) is 9.14. The summed E-state index contributed by atoms with van der Waals surface area (Å²) in [6, 6.07) is 9.95. The summed E-state index contributed by atoms with van der Waals surface area (Å²) in [5.41, 5.74) is 2.13. The molecule has 0 saturated carbocycles. The molecule has 0 aliphatic carbocycles. The Morgan fingerprint density at radius 1 is 1.16 bits per heavy atom. The Labute approximate surface area is 151 Å². The molecule has 0 heterocycles. The third-order valence-corrected chi connectivity index (χ3v) is 4.12. The molecule has 0 aliphatic rings. The Morgan fingerprint density at radius 3 is 2.44 bits per heavy atom. The first-order chi connectivity index (χ1) is 11.9. The standard InChI is InChI=1S/C21H32O4/c1-5-16(3)12-20(25-21(23)6-2)14-19(22)13-17(4)24-15-18-10-8-7-9-11-18/h7-11,17,19-20,22H,3,5-6,12-15H2,1-2,4H3/t17-,19-,20-/m1/s1. The summed E-state index contributed by atoms with van der Waals surface area (Å²) in [5.74, 6) is -0.241. The molecule has 0 aromatic heterocycles. The van der Waals surface area contributed by atoms with E-state index in [1.54, 1.807) is 6.92 Å². The van der Waals surface area contributed by atoms with E-state index in [1.807, 2.05) is 44.2 Å². The van der Waals surface area contributed by atoms with E-state index in [1.165, 1.54) is 0 Å². The van der Waals surface area contributed by atoms with Crippen LogP contribution >= 0.6 is 0 Å². The molecule has 0 radical (unpaired) electrons. The van der Waals surface area contributed by atoms with Crippen LogP contribution in [0.5, 0.6) is 0 Å². The summed E-state index contributed by atoms with van der Waals surface area (Å²) in [7, 11) is 0. The Balaban J connectivity index is 2.44. The zero-order chi connectivity index (χ0) is 18.7. The summed E-state index contributed by atoms with van der Waals surface area (Å²) in [5, 5.41) is 10.4. The maximum absolute atomic E-state index is 11.6. The average Bonchev–Trinajstić information content (AvgIpc) is 2.60. The van der Waals surface area contributed by atoms with E-state index in [0.717, 1.165) is 17.6 Å². The van der Waals surface area contributed by atoms with Gasteiger partial charge in [-0.05, 0) is 25.3 Å². The first kappa shape index (κ1) is 21.4. The summed E-state index contributed by atoms with van der Waals surface area (Å²) >= 11 is 0. The van der Waals surface area contributed by atoms with Gasteiger partial charge in [0.1, 0.15) is 6.10 Å². The number of carbonyl (C=O) groups excluding carboxylic acids is 1. The number of rotatable bonds is 12. The van der Waals surface area contributed by atoms with Crippen LogP contribution in [0.2, 0.25) is 0 Å². The lowest BCUT2D eigenvalue weighted by molar-refractivity contribution is -0.150. The lowest BCUT2D eigenvalue weighted by Crippen LogP contribution is -2.27. The number of hydrogen-bond acceptors (Lipinski definition) is 4. The molecular formula is C21H32O4. The van der Waals surface area contributed by atoms with E-state index < -0.39 is 6.10 Å². The van der Waals surface area contributed by atoms with Crippen LogP contribution in [0.3, 0.4) is 0 Å². The maximum Gasteiger partial charge on any atom is 0.305 e. The van der Waals surface area contributed by atoms with Gasteiger partial charge >= 0.3 is 5.97 Å². The molecule has 4 heteroatoms. The highest BCUT2D eigenvalue weighted by Crippen LogP contribution is 2.18. The van der Waals surface area contributed by atoms with E-state index in [4.69, 9.17) is 9.47 Å². The molecule has 1 N–H and O–H groups in total. The van der Waals surface area contributed by atoms with Gasteiger partial charge in [0.2, 0.25) is 0 Å². The molecule has 0 fully saturated rings. The molecule has 0 bridgehead atoms. The van der Waals surface area contributed by atoms with Gasteiger partial charge in [0.05, 0.1) is 18.8 Å². The van der Waals surface area contributed by atoms with Crippen LogP contribution in [-0.4, -0.2) is 29.4 Å². The molecule has 1 aromatic carbocycles. The van der Waals surface area contributed by atoms with Crippen molar-refractivity contribution in [1.82, 2.24) is 0 Å². The van der Waals surface area contributed by atoms with Gasteiger partial charge in [-0.15, -0.1) is 0 Å². The Kier molecular flexibility index (Phi) is 10.1. The van der Waals surface area contributed by atoms with Gasteiger partial charge in [0.15, 0.2) is 0 Å². The molecule has 25 heavy (non-hydrogen) atoms. The fourth-order valence-electron chi connectivity index (χ4n) is 2.57.